The molecule has 2 aromatic heterocycles. The van der Waals surface area contributed by atoms with E-state index < -0.39 is 9.84 Å². The summed E-state index contributed by atoms with van der Waals surface area (Å²) in [5, 5.41) is 4.06. The SMILES string of the molecule is CC.CCCOc1ncc(S(C)(=O)=O)cc1-c1nc2c(c(=O)[nH]1)N(CC1CCCN1C)N(C)C2C. The molecule has 0 saturated carbocycles. The monoisotopic (exact) mass is 506 g/mol. The summed E-state index contributed by atoms with van der Waals surface area (Å²) in [6.45, 7) is 10.2. The van der Waals surface area contributed by atoms with E-state index in [9.17, 15) is 13.2 Å². The summed E-state index contributed by atoms with van der Waals surface area (Å²) in [5.74, 6) is 0.499. The Morgan fingerprint density at radius 2 is 1.97 bits per heavy atom. The second-order valence-corrected chi connectivity index (χ2v) is 10.9. The second-order valence-electron chi connectivity index (χ2n) is 8.90. The van der Waals surface area contributed by atoms with Gasteiger partial charge in [-0.1, -0.05) is 20.8 Å². The van der Waals surface area contributed by atoms with Crippen LogP contribution in [-0.4, -0.2) is 79.4 Å². The summed E-state index contributed by atoms with van der Waals surface area (Å²) < 4.78 is 30.0. The van der Waals surface area contributed by atoms with E-state index in [-0.39, 0.29) is 28.2 Å². The molecule has 2 unspecified atom stereocenters. The topological polar surface area (TPSA) is 112 Å². The zero-order valence-corrected chi connectivity index (χ0v) is 22.6. The molecule has 2 aliphatic rings. The second kappa shape index (κ2) is 11.0. The van der Waals surface area contributed by atoms with E-state index >= 15 is 0 Å². The number of hydrazine groups is 1. The molecule has 4 heterocycles. The maximum atomic E-state index is 13.3. The number of fused-ring (bicyclic) bond motifs is 1. The average Bonchev–Trinajstić information content (AvgIpc) is 3.34. The van der Waals surface area contributed by atoms with E-state index in [0.717, 1.165) is 32.1 Å². The lowest BCUT2D eigenvalue weighted by Crippen LogP contribution is -2.45. The zero-order chi connectivity index (χ0) is 25.9. The minimum atomic E-state index is -3.50. The Kier molecular flexibility index (Phi) is 8.55. The number of hydrogen-bond donors (Lipinski definition) is 1. The van der Waals surface area contributed by atoms with Gasteiger partial charge in [-0.25, -0.2) is 23.4 Å². The molecule has 2 aliphatic heterocycles. The van der Waals surface area contributed by atoms with Gasteiger partial charge in [-0.15, -0.1) is 0 Å². The van der Waals surface area contributed by atoms with Gasteiger partial charge >= 0.3 is 0 Å². The third-order valence-electron chi connectivity index (χ3n) is 6.52. The van der Waals surface area contributed by atoms with Crippen molar-refractivity contribution < 1.29 is 13.2 Å². The van der Waals surface area contributed by atoms with Crippen molar-refractivity contribution in [2.24, 2.45) is 0 Å². The van der Waals surface area contributed by atoms with Crippen molar-refractivity contribution >= 4 is 15.5 Å². The first kappa shape index (κ1) is 27.1. The molecule has 0 spiro atoms. The highest BCUT2D eigenvalue weighted by atomic mass is 32.2. The smallest absolute Gasteiger partial charge is 0.276 e. The van der Waals surface area contributed by atoms with Crippen LogP contribution in [0.25, 0.3) is 11.4 Å². The molecule has 1 fully saturated rings. The lowest BCUT2D eigenvalue weighted by atomic mass is 10.2. The Morgan fingerprint density at radius 3 is 2.57 bits per heavy atom. The molecule has 0 radical (unpaired) electrons. The van der Waals surface area contributed by atoms with Crippen LogP contribution < -0.4 is 15.3 Å². The highest BCUT2D eigenvalue weighted by Gasteiger charge is 2.38. The Hall–Kier alpha value is -2.50. The van der Waals surface area contributed by atoms with E-state index in [0.29, 0.717) is 36.1 Å². The summed E-state index contributed by atoms with van der Waals surface area (Å²) in [7, 11) is 0.577. The van der Waals surface area contributed by atoms with Crippen LogP contribution >= 0.6 is 0 Å². The van der Waals surface area contributed by atoms with Gasteiger partial charge in [-0.05, 0) is 45.8 Å². The van der Waals surface area contributed by atoms with Crippen LogP contribution in [0.5, 0.6) is 5.88 Å². The quantitative estimate of drug-likeness (QED) is 0.606. The number of nitrogens with zero attached hydrogens (tertiary/aromatic N) is 5. The number of sulfone groups is 1. The highest BCUT2D eigenvalue weighted by molar-refractivity contribution is 7.90. The Balaban J connectivity index is 0.00000167. The van der Waals surface area contributed by atoms with Crippen LogP contribution in [0.15, 0.2) is 22.0 Å². The largest absolute Gasteiger partial charge is 0.477 e. The van der Waals surface area contributed by atoms with E-state index in [1.165, 1.54) is 12.3 Å². The predicted molar refractivity (Wildman–Crippen MR) is 138 cm³/mol. The third-order valence-corrected chi connectivity index (χ3v) is 7.60. The molecule has 10 nitrogen and oxygen atoms in total. The summed E-state index contributed by atoms with van der Waals surface area (Å²) in [6.07, 6.45) is 5.39. The van der Waals surface area contributed by atoms with Gasteiger partial charge in [0.25, 0.3) is 5.56 Å². The highest BCUT2D eigenvalue weighted by Crippen LogP contribution is 2.37. The van der Waals surface area contributed by atoms with Crippen LogP contribution in [-0.2, 0) is 9.84 Å². The molecule has 2 atom stereocenters. The number of hydrogen-bond acceptors (Lipinski definition) is 9. The van der Waals surface area contributed by atoms with Crippen LogP contribution in [0, 0.1) is 0 Å². The van der Waals surface area contributed by atoms with Crippen molar-refractivity contribution in [3.63, 3.8) is 0 Å². The minimum absolute atomic E-state index is 0.0422. The number of rotatable bonds is 7. The fourth-order valence-electron chi connectivity index (χ4n) is 4.45. The lowest BCUT2D eigenvalue weighted by Gasteiger charge is -2.32. The Morgan fingerprint density at radius 1 is 1.26 bits per heavy atom. The van der Waals surface area contributed by atoms with E-state index in [1.54, 1.807) is 0 Å². The van der Waals surface area contributed by atoms with Gasteiger partial charge in [0, 0.05) is 25.5 Å². The molecule has 11 heteroatoms. The molecule has 2 aromatic rings. The molecule has 0 aliphatic carbocycles. The normalized spacial score (nSPS) is 20.5. The van der Waals surface area contributed by atoms with Crippen molar-refractivity contribution in [1.82, 2.24) is 24.9 Å². The maximum absolute atomic E-state index is 13.3. The number of aromatic amines is 1. The first-order valence-electron chi connectivity index (χ1n) is 12.3. The molecule has 1 N–H and O–H groups in total. The van der Waals surface area contributed by atoms with Gasteiger partial charge in [0.2, 0.25) is 5.88 Å². The first-order chi connectivity index (χ1) is 16.6. The molecule has 1 saturated heterocycles. The number of H-pyrrole nitrogens is 1. The van der Waals surface area contributed by atoms with Crippen LogP contribution in [0.4, 0.5) is 5.69 Å². The first-order valence-corrected chi connectivity index (χ1v) is 14.2. The number of anilines is 1. The Bertz CT molecular complexity index is 1200. The standard InChI is InChI=1S/C22H32N6O4S.C2H6/c1-6-10-32-22-17(11-16(12-23-22)33(5,30)31)20-24-18-14(2)27(4)28(19(18)21(29)25-20)13-15-8-7-9-26(15)3;1-2/h11-12,14-15H,6-10,13H2,1-5H3,(H,24,25,29);1-2H3. The van der Waals surface area contributed by atoms with Gasteiger partial charge in [0.1, 0.15) is 11.5 Å². The lowest BCUT2D eigenvalue weighted by molar-refractivity contribution is 0.225. The molecular formula is C24H38N6O4S. The van der Waals surface area contributed by atoms with E-state index in [1.807, 2.05) is 44.8 Å². The molecule has 4 rings (SSSR count). The van der Waals surface area contributed by atoms with Crippen molar-refractivity contribution in [3.05, 3.63) is 28.3 Å². The number of likely N-dealkylation sites (tertiary alicyclic amines) is 1. The van der Waals surface area contributed by atoms with Crippen molar-refractivity contribution in [2.45, 2.75) is 63.9 Å². The third kappa shape index (κ3) is 5.52. The van der Waals surface area contributed by atoms with Gasteiger partial charge in [0.05, 0.1) is 35.3 Å². The summed E-state index contributed by atoms with van der Waals surface area (Å²) in [6, 6.07) is 1.72. The molecule has 0 bridgehead atoms. The predicted octanol–water partition coefficient (Wildman–Crippen LogP) is 2.87. The van der Waals surface area contributed by atoms with Crippen LogP contribution in [0.1, 0.15) is 58.7 Å². The fraction of sp³-hybridized carbons (Fsp3) is 0.625. The minimum Gasteiger partial charge on any atom is -0.477 e. The number of aromatic nitrogens is 3. The van der Waals surface area contributed by atoms with Crippen molar-refractivity contribution in [2.75, 3.05) is 45.1 Å². The fourth-order valence-corrected chi connectivity index (χ4v) is 5.02. The molecule has 0 amide bonds. The molecular weight excluding hydrogens is 468 g/mol. The van der Waals surface area contributed by atoms with Crippen molar-refractivity contribution in [1.29, 1.82) is 0 Å². The van der Waals surface area contributed by atoms with Gasteiger partial charge in [0.15, 0.2) is 9.84 Å². The summed E-state index contributed by atoms with van der Waals surface area (Å²) in [4.78, 5) is 27.5. The number of ether oxygens (including phenoxy) is 1. The number of pyridine rings is 1. The van der Waals surface area contributed by atoms with Crippen molar-refractivity contribution in [3.8, 4) is 17.3 Å². The summed E-state index contributed by atoms with van der Waals surface area (Å²) in [5.41, 5.74) is 1.29. The van der Waals surface area contributed by atoms with Gasteiger partial charge < -0.3 is 14.6 Å². The molecule has 194 valence electrons. The molecule has 0 aromatic carbocycles. The van der Waals surface area contributed by atoms with Crippen LogP contribution in [0.3, 0.4) is 0 Å². The van der Waals surface area contributed by atoms with E-state index in [2.05, 4.69) is 21.9 Å². The zero-order valence-electron chi connectivity index (χ0n) is 21.8. The molecule has 35 heavy (non-hydrogen) atoms. The van der Waals surface area contributed by atoms with Gasteiger partial charge in [-0.3, -0.25) is 9.80 Å². The Labute approximate surface area is 208 Å². The van der Waals surface area contributed by atoms with Crippen LogP contribution in [0.2, 0.25) is 0 Å². The number of likely N-dealkylation sites (N-methyl/N-ethyl adjacent to an activating group) is 1. The average molecular weight is 507 g/mol. The maximum Gasteiger partial charge on any atom is 0.276 e. The van der Waals surface area contributed by atoms with E-state index in [4.69, 9.17) is 9.72 Å². The number of nitrogens with one attached hydrogen (secondary N) is 1. The van der Waals surface area contributed by atoms with Gasteiger partial charge in [-0.2, -0.15) is 0 Å². The summed E-state index contributed by atoms with van der Waals surface area (Å²) >= 11 is 0.